The molecule has 0 fully saturated rings. The Hall–Kier alpha value is -0.760. The van der Waals surface area contributed by atoms with Crippen molar-refractivity contribution in [2.24, 2.45) is 0 Å². The number of hydrogen-bond donors (Lipinski definition) is 0. The van der Waals surface area contributed by atoms with E-state index in [4.69, 9.17) is 4.84 Å². The van der Waals surface area contributed by atoms with Crippen molar-refractivity contribution >= 4 is 0 Å². The molecule has 0 aliphatic carbocycles. The highest BCUT2D eigenvalue weighted by Gasteiger charge is 2.11. The number of hydrogen-bond acceptors (Lipinski definition) is 2. The maximum absolute atomic E-state index is 5.38. The van der Waals surface area contributed by atoms with Crippen molar-refractivity contribution in [2.45, 2.75) is 26.3 Å². The molecule has 0 bridgehead atoms. The Morgan fingerprint density at radius 3 is 2.82 bits per heavy atom. The van der Waals surface area contributed by atoms with Crippen molar-refractivity contribution in [1.29, 1.82) is 0 Å². The van der Waals surface area contributed by atoms with Crippen LogP contribution in [0.1, 0.15) is 20.3 Å². The van der Waals surface area contributed by atoms with Crippen molar-refractivity contribution < 1.29 is 4.84 Å². The summed E-state index contributed by atoms with van der Waals surface area (Å²) in [5, 5.41) is 1.90. The highest BCUT2D eigenvalue weighted by molar-refractivity contribution is 5.11. The summed E-state index contributed by atoms with van der Waals surface area (Å²) in [5.74, 6) is 0. The molecule has 0 N–H and O–H groups in total. The summed E-state index contributed by atoms with van der Waals surface area (Å²) in [6.45, 7) is 4.88. The van der Waals surface area contributed by atoms with Crippen molar-refractivity contribution in [3.63, 3.8) is 0 Å². The van der Waals surface area contributed by atoms with Crippen molar-refractivity contribution in [3.8, 4) is 0 Å². The van der Waals surface area contributed by atoms with Crippen LogP contribution in [-0.4, -0.2) is 17.7 Å². The van der Waals surface area contributed by atoms with Crippen LogP contribution < -0.4 is 0 Å². The first kappa shape index (κ1) is 8.34. The standard InChI is InChI=1S/C9H15NO/c1-3-9-7-5-6-8-10(9)11-4-2/h5-9H,3-4H2,1-2H3. The molecule has 0 radical (unpaired) electrons. The quantitative estimate of drug-likeness (QED) is 0.615. The van der Waals surface area contributed by atoms with E-state index in [1.54, 1.807) is 0 Å². The molecule has 0 saturated carbocycles. The lowest BCUT2D eigenvalue weighted by Crippen LogP contribution is -2.29. The van der Waals surface area contributed by atoms with Crippen LogP contribution in [0.3, 0.4) is 0 Å². The van der Waals surface area contributed by atoms with Crippen LogP contribution >= 0.6 is 0 Å². The smallest absolute Gasteiger partial charge is 0.0739 e. The zero-order valence-electron chi connectivity index (χ0n) is 7.16. The summed E-state index contributed by atoms with van der Waals surface area (Å²) >= 11 is 0. The van der Waals surface area contributed by atoms with Gasteiger partial charge in [-0.15, -0.1) is 0 Å². The number of hydroxylamine groups is 2. The lowest BCUT2D eigenvalue weighted by Gasteiger charge is -2.27. The van der Waals surface area contributed by atoms with E-state index in [9.17, 15) is 0 Å². The molecule has 1 aliphatic heterocycles. The second-order valence-electron chi connectivity index (χ2n) is 2.48. The van der Waals surface area contributed by atoms with Gasteiger partial charge >= 0.3 is 0 Å². The van der Waals surface area contributed by atoms with Crippen molar-refractivity contribution in [3.05, 3.63) is 24.4 Å². The molecule has 0 amide bonds. The minimum Gasteiger partial charge on any atom is -0.274 e. The van der Waals surface area contributed by atoms with Gasteiger partial charge in [0.15, 0.2) is 0 Å². The molecule has 1 heterocycles. The first-order valence-corrected chi connectivity index (χ1v) is 4.14. The molecule has 0 aromatic heterocycles. The minimum absolute atomic E-state index is 0.417. The normalized spacial score (nSPS) is 22.7. The van der Waals surface area contributed by atoms with Gasteiger partial charge in [-0.1, -0.05) is 19.1 Å². The van der Waals surface area contributed by atoms with Crippen LogP contribution in [0.25, 0.3) is 0 Å². The number of rotatable bonds is 3. The van der Waals surface area contributed by atoms with E-state index in [0.717, 1.165) is 13.0 Å². The van der Waals surface area contributed by atoms with Crippen LogP contribution in [0.4, 0.5) is 0 Å². The fourth-order valence-corrected chi connectivity index (χ4v) is 1.13. The molecule has 0 aromatic rings. The van der Waals surface area contributed by atoms with Crippen LogP contribution in [0, 0.1) is 0 Å². The van der Waals surface area contributed by atoms with E-state index < -0.39 is 0 Å². The summed E-state index contributed by atoms with van der Waals surface area (Å²) < 4.78 is 0. The molecular formula is C9H15NO. The van der Waals surface area contributed by atoms with E-state index in [1.165, 1.54) is 0 Å². The SMILES string of the molecule is CCON1C=CC=CC1CC. The van der Waals surface area contributed by atoms with Gasteiger partial charge in [0.2, 0.25) is 0 Å². The Morgan fingerprint density at radius 2 is 2.18 bits per heavy atom. The average molecular weight is 153 g/mol. The molecule has 1 aliphatic rings. The average Bonchev–Trinajstić information content (AvgIpc) is 2.06. The molecule has 11 heavy (non-hydrogen) atoms. The fraction of sp³-hybridized carbons (Fsp3) is 0.556. The topological polar surface area (TPSA) is 12.5 Å². The van der Waals surface area contributed by atoms with E-state index in [2.05, 4.69) is 19.1 Å². The Balaban J connectivity index is 2.48. The summed E-state index contributed by atoms with van der Waals surface area (Å²) in [6.07, 6.45) is 9.25. The molecule has 2 heteroatoms. The van der Waals surface area contributed by atoms with Gasteiger partial charge in [0, 0.05) is 6.20 Å². The largest absolute Gasteiger partial charge is 0.274 e. The molecule has 1 rings (SSSR count). The lowest BCUT2D eigenvalue weighted by molar-refractivity contribution is -0.134. The Morgan fingerprint density at radius 1 is 1.36 bits per heavy atom. The molecule has 0 saturated heterocycles. The Kier molecular flexibility index (Phi) is 3.17. The summed E-state index contributed by atoms with van der Waals surface area (Å²) in [7, 11) is 0. The molecule has 1 unspecified atom stereocenters. The molecule has 0 spiro atoms. The van der Waals surface area contributed by atoms with Crippen LogP contribution in [0.5, 0.6) is 0 Å². The van der Waals surface area contributed by atoms with E-state index in [1.807, 2.05) is 24.3 Å². The Bertz CT molecular complexity index is 163. The van der Waals surface area contributed by atoms with Gasteiger partial charge in [-0.3, -0.25) is 9.90 Å². The highest BCUT2D eigenvalue weighted by Crippen LogP contribution is 2.11. The third-order valence-electron chi connectivity index (χ3n) is 1.70. The number of nitrogens with zero attached hydrogens (tertiary/aromatic N) is 1. The second-order valence-corrected chi connectivity index (χ2v) is 2.48. The maximum atomic E-state index is 5.38. The molecule has 62 valence electrons. The summed E-state index contributed by atoms with van der Waals surface area (Å²) in [6, 6.07) is 0.417. The van der Waals surface area contributed by atoms with Crippen LogP contribution in [0.2, 0.25) is 0 Å². The van der Waals surface area contributed by atoms with Crippen molar-refractivity contribution in [2.75, 3.05) is 6.61 Å². The van der Waals surface area contributed by atoms with E-state index >= 15 is 0 Å². The third kappa shape index (κ3) is 2.09. The van der Waals surface area contributed by atoms with Gasteiger partial charge in [0.1, 0.15) is 0 Å². The Labute approximate surface area is 68.1 Å². The molecule has 1 atom stereocenters. The van der Waals surface area contributed by atoms with Gasteiger partial charge in [0.25, 0.3) is 0 Å². The molecule has 0 aromatic carbocycles. The number of allylic oxidation sites excluding steroid dienone is 2. The van der Waals surface area contributed by atoms with E-state index in [-0.39, 0.29) is 0 Å². The van der Waals surface area contributed by atoms with Gasteiger partial charge in [0.05, 0.1) is 12.6 Å². The minimum atomic E-state index is 0.417. The van der Waals surface area contributed by atoms with Gasteiger partial charge in [-0.25, -0.2) is 0 Å². The molecular weight excluding hydrogens is 138 g/mol. The van der Waals surface area contributed by atoms with Crippen molar-refractivity contribution in [1.82, 2.24) is 5.06 Å². The first-order valence-electron chi connectivity index (χ1n) is 4.14. The first-order chi connectivity index (χ1) is 5.38. The third-order valence-corrected chi connectivity index (χ3v) is 1.70. The van der Waals surface area contributed by atoms with Gasteiger partial charge in [-0.05, 0) is 19.4 Å². The monoisotopic (exact) mass is 153 g/mol. The second kappa shape index (κ2) is 4.19. The summed E-state index contributed by atoms with van der Waals surface area (Å²) in [5.41, 5.74) is 0. The lowest BCUT2D eigenvalue weighted by atomic mass is 10.2. The fourth-order valence-electron chi connectivity index (χ4n) is 1.13. The van der Waals surface area contributed by atoms with E-state index in [0.29, 0.717) is 6.04 Å². The predicted molar refractivity (Wildman–Crippen MR) is 45.8 cm³/mol. The van der Waals surface area contributed by atoms with Crippen LogP contribution in [0.15, 0.2) is 24.4 Å². The predicted octanol–water partition coefficient (Wildman–Crippen LogP) is 2.10. The zero-order valence-corrected chi connectivity index (χ0v) is 7.16. The zero-order chi connectivity index (χ0) is 8.10. The van der Waals surface area contributed by atoms with Crippen LogP contribution in [-0.2, 0) is 4.84 Å². The maximum Gasteiger partial charge on any atom is 0.0739 e. The van der Waals surface area contributed by atoms with Gasteiger partial charge in [-0.2, -0.15) is 0 Å². The van der Waals surface area contributed by atoms with Gasteiger partial charge < -0.3 is 0 Å². The summed E-state index contributed by atoms with van der Waals surface area (Å²) in [4.78, 5) is 5.38. The highest BCUT2D eigenvalue weighted by atomic mass is 16.7. The molecule has 2 nitrogen and oxygen atoms in total.